The molecule has 0 spiro atoms. The molecule has 7 rings (SSSR count). The van der Waals surface area contributed by atoms with Gasteiger partial charge in [-0.2, -0.15) is 0 Å². The Hall–Kier alpha value is -4.54. The first-order valence-corrected chi connectivity index (χ1v) is 17.7. The Morgan fingerprint density at radius 1 is 0.760 bits per heavy atom. The number of pyridine rings is 1. The Labute approximate surface area is 300 Å². The van der Waals surface area contributed by atoms with Gasteiger partial charge in [0.25, 0.3) is 5.56 Å². The van der Waals surface area contributed by atoms with E-state index >= 15 is 0 Å². The summed E-state index contributed by atoms with van der Waals surface area (Å²) < 4.78 is 1.57. The van der Waals surface area contributed by atoms with Gasteiger partial charge in [0, 0.05) is 85.2 Å². The fourth-order valence-corrected chi connectivity index (χ4v) is 7.47. The van der Waals surface area contributed by atoms with E-state index < -0.39 is 0 Å². The standard InChI is InChI=1S/C39H38Cl2N6O3/c1-23-30(25-14-15-47-35(17-25)44-20-27(39(47)50)19-43-22-29-11-13-37(49)46-29)4-2-5-31(23)33-7-3-6-32(38(33)41)24-8-9-26(34(40)16-24)18-42-21-28-10-12-36(48)45-28/h2-9,14-17,20,28-29,42-43H,10-13,18-19,21-22H2,1H3,(H,45,48)(H,46,49)/t28-,29+/m1/s1. The summed E-state index contributed by atoms with van der Waals surface area (Å²) in [5, 5.41) is 13.9. The zero-order chi connectivity index (χ0) is 34.8. The maximum absolute atomic E-state index is 13.3. The van der Waals surface area contributed by atoms with Gasteiger partial charge >= 0.3 is 0 Å². The predicted octanol–water partition coefficient (Wildman–Crippen LogP) is 6.05. The third-order valence-corrected chi connectivity index (χ3v) is 10.4. The number of rotatable bonds is 11. The Bertz CT molecular complexity index is 2170. The molecular formula is C39H38Cl2N6O3. The van der Waals surface area contributed by atoms with Crippen molar-refractivity contribution in [2.45, 2.75) is 57.8 Å². The number of amides is 2. The largest absolute Gasteiger partial charge is 0.352 e. The third-order valence-electron chi connectivity index (χ3n) is 9.66. The minimum atomic E-state index is -0.123. The van der Waals surface area contributed by atoms with Crippen LogP contribution in [0.2, 0.25) is 10.0 Å². The number of hydrogen-bond donors (Lipinski definition) is 4. The van der Waals surface area contributed by atoms with Gasteiger partial charge in [-0.05, 0) is 71.3 Å². The summed E-state index contributed by atoms with van der Waals surface area (Å²) >= 11 is 13.9. The van der Waals surface area contributed by atoms with Crippen molar-refractivity contribution < 1.29 is 9.59 Å². The molecule has 4 heterocycles. The average molecular weight is 710 g/mol. The number of hydrogen-bond acceptors (Lipinski definition) is 6. The van der Waals surface area contributed by atoms with Crippen LogP contribution in [0.1, 0.15) is 42.4 Å². The number of fused-ring (bicyclic) bond motifs is 1. The second kappa shape index (κ2) is 14.7. The molecule has 2 fully saturated rings. The Kier molecular flexibility index (Phi) is 10.0. The molecule has 0 saturated carbocycles. The van der Waals surface area contributed by atoms with Crippen molar-refractivity contribution in [2.24, 2.45) is 0 Å². The van der Waals surface area contributed by atoms with E-state index in [1.807, 2.05) is 54.6 Å². The van der Waals surface area contributed by atoms with Crippen LogP contribution in [0.3, 0.4) is 0 Å². The highest BCUT2D eigenvalue weighted by atomic mass is 35.5. The third kappa shape index (κ3) is 7.18. The van der Waals surface area contributed by atoms with E-state index in [-0.39, 0.29) is 29.5 Å². The molecule has 0 unspecified atom stereocenters. The lowest BCUT2D eigenvalue weighted by atomic mass is 9.91. The van der Waals surface area contributed by atoms with Gasteiger partial charge in [0.05, 0.1) is 5.02 Å². The Morgan fingerprint density at radius 3 is 2.04 bits per heavy atom. The number of halogens is 2. The molecule has 256 valence electrons. The van der Waals surface area contributed by atoms with E-state index in [9.17, 15) is 14.4 Å². The van der Waals surface area contributed by atoms with Crippen LogP contribution >= 0.6 is 23.2 Å². The molecule has 2 amide bonds. The van der Waals surface area contributed by atoms with Gasteiger partial charge in [-0.15, -0.1) is 0 Å². The van der Waals surface area contributed by atoms with Crippen molar-refractivity contribution in [3.63, 3.8) is 0 Å². The summed E-state index contributed by atoms with van der Waals surface area (Å²) in [7, 11) is 0. The molecular weight excluding hydrogens is 671 g/mol. The number of benzene rings is 3. The highest BCUT2D eigenvalue weighted by molar-refractivity contribution is 6.36. The van der Waals surface area contributed by atoms with Crippen LogP contribution in [0.4, 0.5) is 0 Å². The van der Waals surface area contributed by atoms with E-state index in [1.54, 1.807) is 16.8 Å². The molecule has 3 aromatic carbocycles. The fraction of sp³-hybridized carbons (Fsp3) is 0.282. The molecule has 9 nitrogen and oxygen atoms in total. The fourth-order valence-electron chi connectivity index (χ4n) is 6.89. The van der Waals surface area contributed by atoms with Crippen molar-refractivity contribution in [2.75, 3.05) is 13.1 Å². The first-order chi connectivity index (χ1) is 24.2. The van der Waals surface area contributed by atoms with Gasteiger partial charge in [-0.3, -0.25) is 18.8 Å². The maximum Gasteiger partial charge on any atom is 0.262 e. The summed E-state index contributed by atoms with van der Waals surface area (Å²) in [6.07, 6.45) is 6.18. The van der Waals surface area contributed by atoms with Crippen molar-refractivity contribution in [1.29, 1.82) is 0 Å². The van der Waals surface area contributed by atoms with Gasteiger partial charge in [0.2, 0.25) is 11.8 Å². The smallest absolute Gasteiger partial charge is 0.262 e. The average Bonchev–Trinajstić information content (AvgIpc) is 3.73. The molecule has 0 bridgehead atoms. The summed E-state index contributed by atoms with van der Waals surface area (Å²) in [5.41, 5.74) is 8.72. The molecule has 50 heavy (non-hydrogen) atoms. The van der Waals surface area contributed by atoms with Gasteiger partial charge in [0.15, 0.2) is 0 Å². The quantitative estimate of drug-likeness (QED) is 0.133. The first kappa shape index (κ1) is 33.9. The lowest BCUT2D eigenvalue weighted by molar-refractivity contribution is -0.120. The summed E-state index contributed by atoms with van der Waals surface area (Å²) in [6.45, 7) is 4.36. The highest BCUT2D eigenvalue weighted by Gasteiger charge is 2.21. The van der Waals surface area contributed by atoms with E-state index in [2.05, 4.69) is 45.3 Å². The number of aromatic nitrogens is 2. The van der Waals surface area contributed by atoms with Crippen LogP contribution in [0.25, 0.3) is 39.0 Å². The van der Waals surface area contributed by atoms with Crippen LogP contribution in [-0.4, -0.2) is 46.4 Å². The second-order valence-corrected chi connectivity index (χ2v) is 13.8. The number of nitrogens with zero attached hydrogens (tertiary/aromatic N) is 2. The zero-order valence-corrected chi connectivity index (χ0v) is 29.2. The van der Waals surface area contributed by atoms with E-state index in [0.717, 1.165) is 57.3 Å². The molecule has 4 N–H and O–H groups in total. The minimum Gasteiger partial charge on any atom is -0.352 e. The van der Waals surface area contributed by atoms with Crippen LogP contribution in [0, 0.1) is 6.92 Å². The molecule has 5 aromatic rings. The van der Waals surface area contributed by atoms with E-state index in [4.69, 9.17) is 23.2 Å². The maximum atomic E-state index is 13.3. The molecule has 2 aromatic heterocycles. The van der Waals surface area contributed by atoms with Crippen LogP contribution in [-0.2, 0) is 22.7 Å². The van der Waals surface area contributed by atoms with Crippen LogP contribution < -0.4 is 26.8 Å². The second-order valence-electron chi connectivity index (χ2n) is 13.1. The molecule has 2 aliphatic rings. The van der Waals surface area contributed by atoms with E-state index in [1.165, 1.54) is 0 Å². The van der Waals surface area contributed by atoms with Gasteiger partial charge < -0.3 is 21.3 Å². The zero-order valence-electron chi connectivity index (χ0n) is 27.7. The van der Waals surface area contributed by atoms with Crippen molar-refractivity contribution >= 4 is 40.7 Å². The highest BCUT2D eigenvalue weighted by Crippen LogP contribution is 2.40. The normalized spacial score (nSPS) is 17.3. The Morgan fingerprint density at radius 2 is 1.38 bits per heavy atom. The Balaban J connectivity index is 1.09. The van der Waals surface area contributed by atoms with Gasteiger partial charge in [-0.25, -0.2) is 4.98 Å². The molecule has 0 radical (unpaired) electrons. The van der Waals surface area contributed by atoms with Gasteiger partial charge in [0.1, 0.15) is 5.65 Å². The summed E-state index contributed by atoms with van der Waals surface area (Å²) in [5.74, 6) is 0.180. The molecule has 2 atom stereocenters. The number of carbonyl (C=O) groups is 2. The molecule has 2 saturated heterocycles. The van der Waals surface area contributed by atoms with E-state index in [0.29, 0.717) is 60.3 Å². The van der Waals surface area contributed by atoms with Crippen LogP contribution in [0.5, 0.6) is 0 Å². The number of nitrogens with one attached hydrogen (secondary N) is 4. The minimum absolute atomic E-state index is 0.0720. The topological polar surface area (TPSA) is 117 Å². The summed E-state index contributed by atoms with van der Waals surface area (Å²) in [4.78, 5) is 40.8. The van der Waals surface area contributed by atoms with Crippen molar-refractivity contribution in [3.05, 3.63) is 116 Å². The van der Waals surface area contributed by atoms with Gasteiger partial charge in [-0.1, -0.05) is 71.7 Å². The lowest BCUT2D eigenvalue weighted by Crippen LogP contribution is -2.36. The van der Waals surface area contributed by atoms with Crippen molar-refractivity contribution in [1.82, 2.24) is 30.7 Å². The molecule has 0 aliphatic carbocycles. The summed E-state index contributed by atoms with van der Waals surface area (Å²) in [6, 6.07) is 22.3. The first-order valence-electron chi connectivity index (χ1n) is 16.9. The van der Waals surface area contributed by atoms with Crippen LogP contribution in [0.15, 0.2) is 83.9 Å². The molecule has 2 aliphatic heterocycles. The SMILES string of the molecule is Cc1c(-c2ccn3c(=O)c(CNC[C@@H]4CCC(=O)N4)cnc3c2)cccc1-c1cccc(-c2ccc(CNC[C@H]3CCC(=O)N3)c(Cl)c2)c1Cl. The lowest BCUT2D eigenvalue weighted by Gasteiger charge is -2.16. The number of carbonyl (C=O) groups excluding carboxylic acids is 2. The molecule has 11 heteroatoms. The predicted molar refractivity (Wildman–Crippen MR) is 198 cm³/mol. The monoisotopic (exact) mass is 708 g/mol. The van der Waals surface area contributed by atoms with Crippen molar-refractivity contribution in [3.8, 4) is 33.4 Å².